The van der Waals surface area contributed by atoms with E-state index in [1.165, 1.54) is 5.56 Å². The molecule has 2 aromatic carbocycles. The van der Waals surface area contributed by atoms with Crippen molar-refractivity contribution in [3.05, 3.63) is 81.6 Å². The van der Waals surface area contributed by atoms with Gasteiger partial charge >= 0.3 is 5.82 Å². The van der Waals surface area contributed by atoms with Gasteiger partial charge in [-0.25, -0.2) is 4.79 Å². The van der Waals surface area contributed by atoms with Crippen LogP contribution in [-0.4, -0.2) is 42.5 Å². The predicted molar refractivity (Wildman–Crippen MR) is 124 cm³/mol. The van der Waals surface area contributed by atoms with Gasteiger partial charge in [0, 0.05) is 56.3 Å². The second kappa shape index (κ2) is 11.6. The molecule has 0 N–H and O–H groups in total. The van der Waals surface area contributed by atoms with Gasteiger partial charge in [0.1, 0.15) is 0 Å². The maximum Gasteiger partial charge on any atom is 0.519 e. The molecule has 0 aliphatic carbocycles. The molecule has 30 heavy (non-hydrogen) atoms. The summed E-state index contributed by atoms with van der Waals surface area (Å²) in [6, 6.07) is 17.8. The summed E-state index contributed by atoms with van der Waals surface area (Å²) in [5.74, 6) is 0.441. The smallest absolute Gasteiger partial charge is 0.395 e. The Balaban J connectivity index is 0.00000160. The van der Waals surface area contributed by atoms with Crippen LogP contribution in [0.4, 0.5) is 0 Å². The third-order valence-corrected chi connectivity index (χ3v) is 5.37. The van der Waals surface area contributed by atoms with Crippen molar-refractivity contribution < 1.29 is 8.83 Å². The Bertz CT molecular complexity index is 950. The molecule has 1 saturated heterocycles. The molecule has 1 aromatic heterocycles. The standard InChI is InChI=1S/C22H23ClN2O3.2ClH/c23-19-8-6-18(7-9-19)21-20(27-22(26)28-21)10-11-24-12-14-25(15-13-24)16-17-4-2-1-3-5-17;;/h1-9H,10-16H2;2*1H. The molecule has 1 aliphatic heterocycles. The molecule has 162 valence electrons. The zero-order valence-electron chi connectivity index (χ0n) is 16.5. The Hall–Kier alpha value is -1.76. The van der Waals surface area contributed by atoms with Gasteiger partial charge in [-0.1, -0.05) is 41.9 Å². The molecular formula is C22H25Cl3N2O3. The van der Waals surface area contributed by atoms with Crippen LogP contribution in [0.3, 0.4) is 0 Å². The summed E-state index contributed by atoms with van der Waals surface area (Å²) in [7, 11) is 0. The third kappa shape index (κ3) is 6.37. The van der Waals surface area contributed by atoms with Gasteiger partial charge in [-0.2, -0.15) is 0 Å². The van der Waals surface area contributed by atoms with Crippen LogP contribution in [0, 0.1) is 0 Å². The number of piperazine rings is 1. The van der Waals surface area contributed by atoms with Gasteiger partial charge in [-0.3, -0.25) is 4.90 Å². The van der Waals surface area contributed by atoms with Gasteiger partial charge in [0.2, 0.25) is 0 Å². The highest BCUT2D eigenvalue weighted by Crippen LogP contribution is 2.25. The molecule has 1 aliphatic rings. The van der Waals surface area contributed by atoms with E-state index in [1.807, 2.05) is 18.2 Å². The van der Waals surface area contributed by atoms with Crippen LogP contribution < -0.4 is 5.82 Å². The van der Waals surface area contributed by atoms with Crippen molar-refractivity contribution in [3.63, 3.8) is 0 Å². The van der Waals surface area contributed by atoms with Crippen LogP contribution in [0.2, 0.25) is 5.02 Å². The SMILES string of the molecule is Cl.Cl.O=c1oc(CCN2CCN(Cc3ccccc3)CC2)c(-c2ccc(Cl)cc2)o1. The summed E-state index contributed by atoms with van der Waals surface area (Å²) in [5.41, 5.74) is 2.15. The van der Waals surface area contributed by atoms with E-state index in [-0.39, 0.29) is 24.8 Å². The largest absolute Gasteiger partial charge is 0.519 e. The van der Waals surface area contributed by atoms with E-state index in [9.17, 15) is 4.79 Å². The van der Waals surface area contributed by atoms with Crippen molar-refractivity contribution in [1.82, 2.24) is 9.80 Å². The lowest BCUT2D eigenvalue weighted by molar-refractivity contribution is 0.127. The molecule has 5 nitrogen and oxygen atoms in total. The second-order valence-electron chi connectivity index (χ2n) is 7.07. The lowest BCUT2D eigenvalue weighted by atomic mass is 10.1. The zero-order chi connectivity index (χ0) is 19.3. The monoisotopic (exact) mass is 470 g/mol. The minimum Gasteiger partial charge on any atom is -0.395 e. The first-order valence-corrected chi connectivity index (χ1v) is 9.92. The van der Waals surface area contributed by atoms with Gasteiger partial charge < -0.3 is 13.7 Å². The number of hydrogen-bond donors (Lipinski definition) is 0. The van der Waals surface area contributed by atoms with Crippen molar-refractivity contribution >= 4 is 36.4 Å². The topological polar surface area (TPSA) is 49.8 Å². The Morgan fingerprint density at radius 3 is 2.13 bits per heavy atom. The van der Waals surface area contributed by atoms with Gasteiger partial charge in [-0.05, 0) is 29.8 Å². The Morgan fingerprint density at radius 1 is 0.833 bits per heavy atom. The van der Waals surface area contributed by atoms with E-state index in [0.717, 1.165) is 44.8 Å². The molecule has 1 fully saturated rings. The average molecular weight is 472 g/mol. The van der Waals surface area contributed by atoms with Crippen molar-refractivity contribution in [3.8, 4) is 11.3 Å². The summed E-state index contributed by atoms with van der Waals surface area (Å²) in [6.07, 6.45) is 0.641. The number of rotatable bonds is 6. The quantitative estimate of drug-likeness (QED) is 0.519. The lowest BCUT2D eigenvalue weighted by Crippen LogP contribution is -2.46. The summed E-state index contributed by atoms with van der Waals surface area (Å²) in [5, 5.41) is 0.643. The fourth-order valence-electron chi connectivity index (χ4n) is 3.57. The minimum atomic E-state index is -0.660. The fourth-order valence-corrected chi connectivity index (χ4v) is 3.69. The Labute approximate surface area is 193 Å². The van der Waals surface area contributed by atoms with Crippen molar-refractivity contribution in [2.24, 2.45) is 0 Å². The highest BCUT2D eigenvalue weighted by Gasteiger charge is 2.20. The molecule has 0 bridgehead atoms. The maximum absolute atomic E-state index is 11.6. The van der Waals surface area contributed by atoms with Crippen LogP contribution in [-0.2, 0) is 13.0 Å². The maximum atomic E-state index is 11.6. The third-order valence-electron chi connectivity index (χ3n) is 5.12. The van der Waals surface area contributed by atoms with Crippen LogP contribution in [0.1, 0.15) is 11.3 Å². The van der Waals surface area contributed by atoms with Crippen LogP contribution in [0.15, 0.2) is 68.2 Å². The van der Waals surface area contributed by atoms with E-state index >= 15 is 0 Å². The molecule has 0 atom stereocenters. The molecule has 0 saturated carbocycles. The summed E-state index contributed by atoms with van der Waals surface area (Å²) in [4.78, 5) is 16.5. The number of halogens is 3. The molecule has 0 amide bonds. The first-order valence-electron chi connectivity index (χ1n) is 9.55. The summed E-state index contributed by atoms with van der Waals surface area (Å²) >= 11 is 5.94. The molecule has 3 aromatic rings. The van der Waals surface area contributed by atoms with Crippen molar-refractivity contribution in [1.29, 1.82) is 0 Å². The number of nitrogens with zero attached hydrogens (tertiary/aromatic N) is 2. The van der Waals surface area contributed by atoms with Crippen molar-refractivity contribution in [2.75, 3.05) is 32.7 Å². The second-order valence-corrected chi connectivity index (χ2v) is 7.50. The van der Waals surface area contributed by atoms with Crippen LogP contribution in [0.5, 0.6) is 0 Å². The number of benzene rings is 2. The van der Waals surface area contributed by atoms with Gasteiger partial charge in [-0.15, -0.1) is 24.8 Å². The predicted octanol–water partition coefficient (Wildman–Crippen LogP) is 4.76. The lowest BCUT2D eigenvalue weighted by Gasteiger charge is -2.34. The number of hydrogen-bond acceptors (Lipinski definition) is 5. The Morgan fingerprint density at radius 2 is 1.47 bits per heavy atom. The first-order chi connectivity index (χ1) is 13.7. The molecule has 0 unspecified atom stereocenters. The van der Waals surface area contributed by atoms with E-state index in [0.29, 0.717) is 23.0 Å². The Kier molecular flexibility index (Phi) is 9.46. The first kappa shape index (κ1) is 24.5. The van der Waals surface area contributed by atoms with Gasteiger partial charge in [0.25, 0.3) is 0 Å². The highest BCUT2D eigenvalue weighted by atomic mass is 35.5. The zero-order valence-corrected chi connectivity index (χ0v) is 18.8. The molecule has 0 radical (unpaired) electrons. The molecule has 0 spiro atoms. The highest BCUT2D eigenvalue weighted by molar-refractivity contribution is 6.30. The molecular weight excluding hydrogens is 447 g/mol. The summed E-state index contributed by atoms with van der Waals surface area (Å²) < 4.78 is 10.6. The van der Waals surface area contributed by atoms with E-state index in [2.05, 4.69) is 34.1 Å². The normalized spacial score (nSPS) is 14.7. The van der Waals surface area contributed by atoms with Gasteiger partial charge in [0.05, 0.1) is 0 Å². The fraction of sp³-hybridized carbons (Fsp3) is 0.318. The summed E-state index contributed by atoms with van der Waals surface area (Å²) in [6.45, 7) is 5.91. The van der Waals surface area contributed by atoms with E-state index < -0.39 is 5.82 Å². The minimum absolute atomic E-state index is 0. The van der Waals surface area contributed by atoms with Crippen LogP contribution >= 0.6 is 36.4 Å². The molecule has 8 heteroatoms. The van der Waals surface area contributed by atoms with E-state index in [1.54, 1.807) is 12.1 Å². The average Bonchev–Trinajstić information content (AvgIpc) is 3.09. The van der Waals surface area contributed by atoms with Gasteiger partial charge in [0.15, 0.2) is 11.5 Å². The molecule has 2 heterocycles. The molecule has 4 rings (SSSR count). The van der Waals surface area contributed by atoms with Crippen LogP contribution in [0.25, 0.3) is 11.3 Å². The van der Waals surface area contributed by atoms with E-state index in [4.69, 9.17) is 20.4 Å². The van der Waals surface area contributed by atoms with Crippen molar-refractivity contribution in [2.45, 2.75) is 13.0 Å².